The van der Waals surface area contributed by atoms with E-state index in [0.717, 1.165) is 0 Å². The van der Waals surface area contributed by atoms with E-state index in [1.54, 1.807) is 0 Å². The molecular formula is C13H8F17NO4S. The Balaban J connectivity index is 6.87. The smallest absolute Gasteiger partial charge is 0.392 e. The summed E-state index contributed by atoms with van der Waals surface area (Å²) in [6.45, 7) is 3.06. The second-order valence-electron chi connectivity index (χ2n) is 6.51. The molecule has 0 aromatic carbocycles. The maximum Gasteiger partial charge on any atom is 0.483 e. The molecule has 0 heterocycles. The zero-order chi connectivity index (χ0) is 29.9. The Kier molecular flexibility index (Phi) is 8.25. The summed E-state index contributed by atoms with van der Waals surface area (Å²) in [5, 5.41) is -8.23. The number of nitrogens with zero attached hydrogens (tertiary/aromatic N) is 1. The van der Waals surface area contributed by atoms with Crippen LogP contribution in [0.5, 0.6) is 0 Å². The first-order valence-corrected chi connectivity index (χ1v) is 9.26. The number of sulfonamides is 1. The molecule has 0 saturated carbocycles. The normalized spacial score (nSPS) is 15.8. The van der Waals surface area contributed by atoms with Crippen molar-refractivity contribution in [2.45, 2.75) is 54.2 Å². The molecule has 0 fully saturated rings. The van der Waals surface area contributed by atoms with Crippen molar-refractivity contribution < 1.29 is 92.6 Å². The third kappa shape index (κ3) is 4.55. The molecule has 0 N–H and O–H groups in total. The van der Waals surface area contributed by atoms with Crippen molar-refractivity contribution in [2.75, 3.05) is 7.05 Å². The van der Waals surface area contributed by atoms with Gasteiger partial charge in [-0.3, -0.25) is 0 Å². The molecule has 214 valence electrons. The second-order valence-corrected chi connectivity index (χ2v) is 8.52. The highest BCUT2D eigenvalue weighted by molar-refractivity contribution is 7.90. The molecule has 0 bridgehead atoms. The van der Waals surface area contributed by atoms with Crippen LogP contribution in [-0.4, -0.2) is 73.0 Å². The average molecular weight is 597 g/mol. The van der Waals surface area contributed by atoms with Crippen molar-refractivity contribution in [1.82, 2.24) is 4.31 Å². The van der Waals surface area contributed by atoms with E-state index in [2.05, 4.69) is 11.3 Å². The summed E-state index contributed by atoms with van der Waals surface area (Å²) in [5.74, 6) is -36.7. The molecule has 0 aliphatic heterocycles. The molecule has 0 atom stereocenters. The van der Waals surface area contributed by atoms with E-state index in [4.69, 9.17) is 0 Å². The van der Waals surface area contributed by atoms with Crippen LogP contribution in [0, 0.1) is 0 Å². The Morgan fingerprint density at radius 1 is 0.694 bits per heavy atom. The number of hydrogen-bond donors (Lipinski definition) is 0. The molecular weight excluding hydrogens is 589 g/mol. The van der Waals surface area contributed by atoms with Gasteiger partial charge < -0.3 is 4.74 Å². The van der Waals surface area contributed by atoms with Crippen LogP contribution in [0.1, 0.15) is 6.92 Å². The molecule has 0 aromatic rings. The van der Waals surface area contributed by atoms with Gasteiger partial charge in [-0.1, -0.05) is 6.58 Å². The van der Waals surface area contributed by atoms with Crippen LogP contribution >= 0.6 is 0 Å². The summed E-state index contributed by atoms with van der Waals surface area (Å²) < 4.78 is 247. The van der Waals surface area contributed by atoms with Gasteiger partial charge in [0.05, 0.1) is 0 Å². The fraction of sp³-hybridized carbons (Fsp3) is 0.769. The Hall–Kier alpha value is -2.07. The van der Waals surface area contributed by atoms with E-state index in [0.29, 0.717) is 6.92 Å². The summed E-state index contributed by atoms with van der Waals surface area (Å²) >= 11 is 0. The molecule has 0 aliphatic rings. The van der Waals surface area contributed by atoms with Crippen LogP contribution in [0.25, 0.3) is 0 Å². The van der Waals surface area contributed by atoms with Gasteiger partial charge in [0.15, 0.2) is 0 Å². The van der Waals surface area contributed by atoms with Gasteiger partial charge in [0.1, 0.15) is 0 Å². The maximum absolute atomic E-state index is 13.8. The Morgan fingerprint density at radius 3 is 1.33 bits per heavy atom. The van der Waals surface area contributed by atoms with Crippen molar-refractivity contribution in [3.05, 3.63) is 12.2 Å². The summed E-state index contributed by atoms with van der Waals surface area (Å²) in [7, 11) is -9.76. The predicted octanol–water partition coefficient (Wildman–Crippen LogP) is 5.25. The monoisotopic (exact) mass is 597 g/mol. The zero-order valence-electron chi connectivity index (χ0n) is 16.6. The zero-order valence-corrected chi connectivity index (χ0v) is 17.4. The van der Waals surface area contributed by atoms with Crippen LogP contribution in [0.4, 0.5) is 74.6 Å². The van der Waals surface area contributed by atoms with E-state index >= 15 is 0 Å². The minimum absolute atomic E-state index is 0.491. The van der Waals surface area contributed by atoms with Gasteiger partial charge >= 0.3 is 53.2 Å². The largest absolute Gasteiger partial charge is 0.483 e. The lowest BCUT2D eigenvalue weighted by molar-refractivity contribution is -0.433. The number of rotatable bonds is 10. The Bertz CT molecular complexity index is 985. The van der Waals surface area contributed by atoms with E-state index in [1.165, 1.54) is 0 Å². The van der Waals surface area contributed by atoms with Crippen LogP contribution in [0.2, 0.25) is 0 Å². The second kappa shape index (κ2) is 8.75. The number of ether oxygens (including phenoxy) is 1. The first-order chi connectivity index (χ1) is 15.2. The van der Waals surface area contributed by atoms with Gasteiger partial charge in [-0.15, -0.1) is 4.31 Å². The van der Waals surface area contributed by atoms with Crippen molar-refractivity contribution in [3.63, 3.8) is 0 Å². The van der Waals surface area contributed by atoms with Crippen LogP contribution in [0.15, 0.2) is 12.2 Å². The first-order valence-electron chi connectivity index (χ1n) is 7.82. The molecule has 0 saturated heterocycles. The molecule has 0 aliphatic carbocycles. The third-order valence-corrected chi connectivity index (χ3v) is 5.76. The molecule has 0 spiro atoms. The van der Waals surface area contributed by atoms with Crippen molar-refractivity contribution >= 4 is 16.0 Å². The fourth-order valence-corrected chi connectivity index (χ4v) is 2.89. The Labute approximate surface area is 187 Å². The van der Waals surface area contributed by atoms with Crippen LogP contribution in [-0.2, 0) is 19.6 Å². The standard InChI is InChI=1S/C13H8F17NO4S/c1-4(2)5(32)35-12(27,28)11(25,26)31(3)36(33,34)13(29,30)9(20,21)7(16,17)6(14,15)8(18,19)10(22,23)24/h1H2,2-3H3. The number of hydrogen-bond acceptors (Lipinski definition) is 4. The molecule has 0 aromatic heterocycles. The Morgan fingerprint density at radius 2 is 1.03 bits per heavy atom. The van der Waals surface area contributed by atoms with Crippen LogP contribution < -0.4 is 0 Å². The number of alkyl halides is 17. The number of esters is 1. The molecule has 36 heavy (non-hydrogen) atoms. The van der Waals surface area contributed by atoms with Gasteiger partial charge in [0, 0.05) is 12.6 Å². The lowest BCUT2D eigenvalue weighted by Gasteiger charge is -2.41. The number of carbonyl (C=O) groups is 1. The van der Waals surface area contributed by atoms with Gasteiger partial charge in [-0.05, 0) is 6.92 Å². The number of halogens is 17. The first kappa shape index (κ1) is 33.9. The SMILES string of the molecule is C=C(C)C(=O)OC(F)(F)C(F)(F)N(C)S(=O)(=O)C(F)(F)C(F)(F)C(F)(F)C(F)(F)C(F)(F)C(F)(F)F. The minimum Gasteiger partial charge on any atom is -0.392 e. The fourth-order valence-electron chi connectivity index (χ4n) is 1.69. The summed E-state index contributed by atoms with van der Waals surface area (Å²) in [5.41, 5.74) is -1.15. The highest BCUT2D eigenvalue weighted by atomic mass is 32.2. The van der Waals surface area contributed by atoms with E-state index in [9.17, 15) is 87.8 Å². The number of likely N-dealkylation sites (N-methyl/N-ethyl adjacent to an activating group) is 1. The quantitative estimate of drug-likeness (QED) is 0.150. The molecule has 0 amide bonds. The summed E-state index contributed by atoms with van der Waals surface area (Å²) in [6, 6.07) is -6.94. The third-order valence-electron chi connectivity index (χ3n) is 3.90. The van der Waals surface area contributed by atoms with Gasteiger partial charge in [0.2, 0.25) is 0 Å². The van der Waals surface area contributed by atoms with E-state index < -0.39 is 80.2 Å². The predicted molar refractivity (Wildman–Crippen MR) is 78.3 cm³/mol. The lowest BCUT2D eigenvalue weighted by atomic mass is 9.98. The van der Waals surface area contributed by atoms with Gasteiger partial charge in [0.25, 0.3) is 10.0 Å². The molecule has 0 unspecified atom stereocenters. The van der Waals surface area contributed by atoms with Crippen LogP contribution in [0.3, 0.4) is 0 Å². The summed E-state index contributed by atoms with van der Waals surface area (Å²) in [4.78, 5) is 10.9. The highest BCUT2D eigenvalue weighted by Gasteiger charge is 2.93. The van der Waals surface area contributed by atoms with Gasteiger partial charge in [-0.25, -0.2) is 13.2 Å². The molecule has 5 nitrogen and oxygen atoms in total. The molecule has 0 radical (unpaired) electrons. The van der Waals surface area contributed by atoms with E-state index in [1.807, 2.05) is 0 Å². The summed E-state index contributed by atoms with van der Waals surface area (Å²) in [6.07, 6.45) is -14.5. The van der Waals surface area contributed by atoms with Crippen molar-refractivity contribution in [2.24, 2.45) is 0 Å². The van der Waals surface area contributed by atoms with E-state index in [-0.39, 0.29) is 0 Å². The average Bonchev–Trinajstić information content (AvgIpc) is 2.64. The van der Waals surface area contributed by atoms with Crippen molar-refractivity contribution in [3.8, 4) is 0 Å². The molecule has 0 rings (SSSR count). The molecule has 23 heteroatoms. The lowest BCUT2D eigenvalue weighted by Crippen LogP contribution is -2.72. The minimum atomic E-state index is -8.72. The number of carbonyl (C=O) groups excluding carboxylic acids is 1. The highest BCUT2D eigenvalue weighted by Crippen LogP contribution is 2.61. The van der Waals surface area contributed by atoms with Crippen molar-refractivity contribution in [1.29, 1.82) is 0 Å². The topological polar surface area (TPSA) is 63.7 Å². The van der Waals surface area contributed by atoms with Gasteiger partial charge in [-0.2, -0.15) is 74.6 Å². The maximum atomic E-state index is 13.8.